The van der Waals surface area contributed by atoms with Gasteiger partial charge in [-0.25, -0.2) is 17.2 Å². The molecule has 1 aliphatic heterocycles. The first kappa shape index (κ1) is 15.9. The standard InChI is InChI=1S/C15H16F2N2O3S/c16-12-4-3-5-13(15(12)17)18-10-11-6-7-14(22-11)23(20,21)19-8-1-2-9-19/h3-7,18H,1-2,8-10H2. The highest BCUT2D eigenvalue weighted by Gasteiger charge is 2.29. The minimum Gasteiger partial charge on any atom is -0.446 e. The highest BCUT2D eigenvalue weighted by atomic mass is 32.2. The van der Waals surface area contributed by atoms with E-state index in [-0.39, 0.29) is 17.3 Å². The smallest absolute Gasteiger partial charge is 0.276 e. The molecule has 0 aliphatic carbocycles. The summed E-state index contributed by atoms with van der Waals surface area (Å²) >= 11 is 0. The Labute approximate surface area is 133 Å². The first-order chi connectivity index (χ1) is 11.0. The quantitative estimate of drug-likeness (QED) is 0.907. The highest BCUT2D eigenvalue weighted by molar-refractivity contribution is 7.89. The summed E-state index contributed by atoms with van der Waals surface area (Å²) in [5.74, 6) is -1.61. The zero-order chi connectivity index (χ0) is 16.4. The summed E-state index contributed by atoms with van der Waals surface area (Å²) in [6.45, 7) is 1.03. The molecule has 8 heteroatoms. The van der Waals surface area contributed by atoms with Crippen LogP contribution in [0.3, 0.4) is 0 Å². The topological polar surface area (TPSA) is 62.6 Å². The number of rotatable bonds is 5. The molecule has 0 bridgehead atoms. The molecule has 1 saturated heterocycles. The van der Waals surface area contributed by atoms with Crippen LogP contribution in [0, 0.1) is 11.6 Å². The minimum absolute atomic E-state index is 0.00894. The van der Waals surface area contributed by atoms with E-state index < -0.39 is 21.7 Å². The molecule has 0 spiro atoms. The van der Waals surface area contributed by atoms with Crippen molar-refractivity contribution in [1.29, 1.82) is 0 Å². The van der Waals surface area contributed by atoms with Crippen LogP contribution < -0.4 is 5.32 Å². The van der Waals surface area contributed by atoms with Gasteiger partial charge in [-0.05, 0) is 37.1 Å². The number of hydrogen-bond acceptors (Lipinski definition) is 4. The van der Waals surface area contributed by atoms with E-state index in [1.807, 2.05) is 0 Å². The largest absolute Gasteiger partial charge is 0.446 e. The maximum atomic E-state index is 13.5. The van der Waals surface area contributed by atoms with Crippen molar-refractivity contribution in [2.75, 3.05) is 18.4 Å². The molecule has 23 heavy (non-hydrogen) atoms. The van der Waals surface area contributed by atoms with Gasteiger partial charge in [0, 0.05) is 13.1 Å². The van der Waals surface area contributed by atoms with Crippen LogP contribution in [0.15, 0.2) is 39.8 Å². The molecule has 3 rings (SSSR count). The summed E-state index contributed by atoms with van der Waals surface area (Å²) in [5.41, 5.74) is -0.00894. The number of nitrogens with one attached hydrogen (secondary N) is 1. The Kier molecular flexibility index (Phi) is 4.36. The van der Waals surface area contributed by atoms with Gasteiger partial charge in [-0.15, -0.1) is 0 Å². The summed E-state index contributed by atoms with van der Waals surface area (Å²) < 4.78 is 58.0. The van der Waals surface area contributed by atoms with Gasteiger partial charge in [0.25, 0.3) is 10.0 Å². The van der Waals surface area contributed by atoms with Crippen molar-refractivity contribution in [1.82, 2.24) is 4.31 Å². The lowest BCUT2D eigenvalue weighted by molar-refractivity contribution is 0.392. The van der Waals surface area contributed by atoms with Crippen LogP contribution in [0.2, 0.25) is 0 Å². The second-order valence-electron chi connectivity index (χ2n) is 5.29. The van der Waals surface area contributed by atoms with Crippen LogP contribution >= 0.6 is 0 Å². The van der Waals surface area contributed by atoms with Gasteiger partial charge in [-0.2, -0.15) is 4.31 Å². The average molecular weight is 342 g/mol. The summed E-state index contributed by atoms with van der Waals surface area (Å²) in [7, 11) is -3.61. The second kappa shape index (κ2) is 6.29. The van der Waals surface area contributed by atoms with E-state index in [0.29, 0.717) is 18.8 Å². The SMILES string of the molecule is O=S(=O)(c1ccc(CNc2cccc(F)c2F)o1)N1CCCC1. The number of furan rings is 1. The Bertz CT molecular complexity index is 799. The number of sulfonamides is 1. The fraction of sp³-hybridized carbons (Fsp3) is 0.333. The number of benzene rings is 1. The fourth-order valence-corrected chi connectivity index (χ4v) is 3.92. The maximum absolute atomic E-state index is 13.5. The van der Waals surface area contributed by atoms with E-state index in [4.69, 9.17) is 4.42 Å². The summed E-state index contributed by atoms with van der Waals surface area (Å²) in [6, 6.07) is 6.68. The van der Waals surface area contributed by atoms with E-state index >= 15 is 0 Å². The highest BCUT2D eigenvalue weighted by Crippen LogP contribution is 2.23. The van der Waals surface area contributed by atoms with Gasteiger partial charge in [0.2, 0.25) is 5.09 Å². The van der Waals surface area contributed by atoms with Crippen LogP contribution in [0.4, 0.5) is 14.5 Å². The predicted octanol–water partition coefficient (Wildman–Crippen LogP) is 2.95. The molecule has 0 saturated carbocycles. The molecule has 0 amide bonds. The van der Waals surface area contributed by atoms with Crippen LogP contribution in [0.1, 0.15) is 18.6 Å². The first-order valence-corrected chi connectivity index (χ1v) is 8.69. The van der Waals surface area contributed by atoms with Crippen LogP contribution in [0.25, 0.3) is 0 Å². The van der Waals surface area contributed by atoms with E-state index in [1.165, 1.54) is 28.6 Å². The lowest BCUT2D eigenvalue weighted by Gasteiger charge is -2.12. The molecule has 1 N–H and O–H groups in total. The van der Waals surface area contributed by atoms with Crippen molar-refractivity contribution < 1.29 is 21.6 Å². The van der Waals surface area contributed by atoms with Crippen LogP contribution in [-0.4, -0.2) is 25.8 Å². The van der Waals surface area contributed by atoms with Crippen molar-refractivity contribution in [2.24, 2.45) is 0 Å². The molecule has 1 fully saturated rings. The normalized spacial score (nSPS) is 15.9. The first-order valence-electron chi connectivity index (χ1n) is 7.25. The molecule has 2 aromatic rings. The van der Waals surface area contributed by atoms with E-state index in [9.17, 15) is 17.2 Å². The van der Waals surface area contributed by atoms with E-state index in [1.54, 1.807) is 0 Å². The van der Waals surface area contributed by atoms with Gasteiger partial charge >= 0.3 is 0 Å². The van der Waals surface area contributed by atoms with E-state index in [0.717, 1.165) is 18.9 Å². The third-order valence-electron chi connectivity index (χ3n) is 3.70. The van der Waals surface area contributed by atoms with Crippen molar-refractivity contribution in [3.05, 3.63) is 47.7 Å². The molecule has 124 valence electrons. The Morgan fingerprint density at radius 3 is 2.61 bits per heavy atom. The zero-order valence-electron chi connectivity index (χ0n) is 12.3. The van der Waals surface area contributed by atoms with Crippen molar-refractivity contribution >= 4 is 15.7 Å². The van der Waals surface area contributed by atoms with Gasteiger partial charge in [-0.1, -0.05) is 6.07 Å². The fourth-order valence-electron chi connectivity index (χ4n) is 2.47. The number of nitrogens with zero attached hydrogens (tertiary/aromatic N) is 1. The van der Waals surface area contributed by atoms with Gasteiger partial charge in [0.15, 0.2) is 11.6 Å². The van der Waals surface area contributed by atoms with Gasteiger partial charge < -0.3 is 9.73 Å². The number of hydrogen-bond donors (Lipinski definition) is 1. The molecular formula is C15H16F2N2O3S. The lowest BCUT2D eigenvalue weighted by Crippen LogP contribution is -2.27. The molecule has 5 nitrogen and oxygen atoms in total. The van der Waals surface area contributed by atoms with Gasteiger partial charge in [-0.3, -0.25) is 0 Å². The molecule has 0 unspecified atom stereocenters. The molecule has 1 aromatic heterocycles. The van der Waals surface area contributed by atoms with Crippen molar-refractivity contribution in [3.8, 4) is 0 Å². The van der Waals surface area contributed by atoms with Crippen LogP contribution in [0.5, 0.6) is 0 Å². The predicted molar refractivity (Wildman–Crippen MR) is 80.4 cm³/mol. The lowest BCUT2D eigenvalue weighted by atomic mass is 10.3. The van der Waals surface area contributed by atoms with Crippen molar-refractivity contribution in [3.63, 3.8) is 0 Å². The molecule has 1 aromatic carbocycles. The molecule has 0 atom stereocenters. The Balaban J connectivity index is 1.71. The number of halogens is 2. The summed E-state index contributed by atoms with van der Waals surface area (Å²) in [4.78, 5) is 0. The van der Waals surface area contributed by atoms with Gasteiger partial charge in [0.05, 0.1) is 12.2 Å². The molecule has 2 heterocycles. The maximum Gasteiger partial charge on any atom is 0.276 e. The Hall–Kier alpha value is -1.93. The van der Waals surface area contributed by atoms with Crippen molar-refractivity contribution in [2.45, 2.75) is 24.5 Å². The van der Waals surface area contributed by atoms with Crippen LogP contribution in [-0.2, 0) is 16.6 Å². The van der Waals surface area contributed by atoms with Gasteiger partial charge in [0.1, 0.15) is 5.76 Å². The molecular weight excluding hydrogens is 326 g/mol. The monoisotopic (exact) mass is 342 g/mol. The molecule has 1 aliphatic rings. The van der Waals surface area contributed by atoms with E-state index in [2.05, 4.69) is 5.32 Å². The number of anilines is 1. The summed E-state index contributed by atoms with van der Waals surface area (Å²) in [5, 5.41) is 2.56. The average Bonchev–Trinajstić information content (AvgIpc) is 3.20. The Morgan fingerprint density at radius 2 is 1.87 bits per heavy atom. The summed E-state index contributed by atoms with van der Waals surface area (Å²) in [6.07, 6.45) is 1.68. The second-order valence-corrected chi connectivity index (χ2v) is 7.16. The molecule has 0 radical (unpaired) electrons. The third-order valence-corrected chi connectivity index (χ3v) is 5.47. The zero-order valence-corrected chi connectivity index (χ0v) is 13.1. The third kappa shape index (κ3) is 3.23. The minimum atomic E-state index is -3.61. The Morgan fingerprint density at radius 1 is 1.13 bits per heavy atom.